The zero-order chi connectivity index (χ0) is 26.5. The van der Waals surface area contributed by atoms with Crippen molar-refractivity contribution in [3.05, 3.63) is 100 Å². The quantitative estimate of drug-likeness (QED) is 0.379. The molecule has 3 aromatic rings. The van der Waals surface area contributed by atoms with E-state index < -0.39 is 47.0 Å². The molecule has 0 aromatic heterocycles. The van der Waals surface area contributed by atoms with Crippen molar-refractivity contribution in [2.45, 2.75) is 18.6 Å². The highest BCUT2D eigenvalue weighted by Gasteiger charge is 2.71. The van der Waals surface area contributed by atoms with Gasteiger partial charge >= 0.3 is 5.97 Å². The van der Waals surface area contributed by atoms with Crippen molar-refractivity contribution in [1.82, 2.24) is 0 Å². The number of aliphatic carboxylic acids is 1. The number of halogens is 1. The standard InChI is InChI=1S/C28H20ClNO7/c1-14(31)15-8-12-18(13-9-15)30-26(34)21-22(27(35)36)28(37-23(21)16-6-10-17(29)11-7-16)24(32)19-4-2-3-5-20(19)25(28)33/h2-13,21-23H,1H3,(H,30,34)(H,35,36). The number of carboxylic acids is 1. The van der Waals surface area contributed by atoms with E-state index in [9.17, 15) is 29.1 Å². The summed E-state index contributed by atoms with van der Waals surface area (Å²) in [5, 5.41) is 13.4. The molecule has 1 aliphatic carbocycles. The fourth-order valence-electron chi connectivity index (χ4n) is 5.10. The number of ketones is 3. The average Bonchev–Trinajstić information content (AvgIpc) is 3.35. The lowest BCUT2D eigenvalue weighted by molar-refractivity contribution is -0.147. The van der Waals surface area contributed by atoms with Crippen LogP contribution in [0.2, 0.25) is 5.02 Å². The van der Waals surface area contributed by atoms with Crippen LogP contribution >= 0.6 is 11.6 Å². The Hall–Kier alpha value is -4.14. The van der Waals surface area contributed by atoms with E-state index in [4.69, 9.17) is 16.3 Å². The van der Waals surface area contributed by atoms with Gasteiger partial charge in [-0.15, -0.1) is 0 Å². The van der Waals surface area contributed by atoms with Gasteiger partial charge in [0.2, 0.25) is 23.1 Å². The van der Waals surface area contributed by atoms with Crippen molar-refractivity contribution in [3.63, 3.8) is 0 Å². The second-order valence-electron chi connectivity index (χ2n) is 8.99. The third kappa shape index (κ3) is 3.85. The van der Waals surface area contributed by atoms with E-state index in [1.165, 1.54) is 43.3 Å². The van der Waals surface area contributed by atoms with Crippen LogP contribution in [-0.2, 0) is 14.3 Å². The minimum Gasteiger partial charge on any atom is -0.481 e. The van der Waals surface area contributed by atoms with Crippen molar-refractivity contribution in [2.24, 2.45) is 11.8 Å². The molecule has 1 amide bonds. The maximum atomic E-state index is 13.7. The topological polar surface area (TPSA) is 127 Å². The second kappa shape index (κ2) is 9.06. The first kappa shape index (κ1) is 24.5. The zero-order valence-electron chi connectivity index (χ0n) is 19.4. The molecule has 8 nitrogen and oxygen atoms in total. The van der Waals surface area contributed by atoms with Crippen LogP contribution in [0.25, 0.3) is 0 Å². The molecular formula is C28H20ClNO7. The van der Waals surface area contributed by atoms with E-state index in [0.29, 0.717) is 21.8 Å². The maximum absolute atomic E-state index is 13.7. The van der Waals surface area contributed by atoms with Crippen LogP contribution in [0.5, 0.6) is 0 Å². The van der Waals surface area contributed by atoms with E-state index in [-0.39, 0.29) is 16.9 Å². The number of ether oxygens (including phenoxy) is 1. The lowest BCUT2D eigenvalue weighted by Gasteiger charge is -2.25. The van der Waals surface area contributed by atoms with Gasteiger partial charge in [0.05, 0.1) is 12.0 Å². The zero-order valence-corrected chi connectivity index (χ0v) is 20.2. The summed E-state index contributed by atoms with van der Waals surface area (Å²) in [6.45, 7) is 1.41. The van der Waals surface area contributed by atoms with Crippen LogP contribution < -0.4 is 5.32 Å². The fraction of sp³-hybridized carbons (Fsp3) is 0.179. The summed E-state index contributed by atoms with van der Waals surface area (Å²) in [5.74, 6) is -7.27. The number of Topliss-reactive ketones (excluding diaryl/α,β-unsaturated/α-hetero) is 3. The highest BCUT2D eigenvalue weighted by Crippen LogP contribution is 2.54. The Bertz CT molecular complexity index is 1430. The van der Waals surface area contributed by atoms with Gasteiger partial charge in [0, 0.05) is 27.4 Å². The summed E-state index contributed by atoms with van der Waals surface area (Å²) in [4.78, 5) is 65.2. The molecule has 1 fully saturated rings. The Labute approximate surface area is 216 Å². The van der Waals surface area contributed by atoms with E-state index >= 15 is 0 Å². The predicted molar refractivity (Wildman–Crippen MR) is 133 cm³/mol. The molecule has 1 aliphatic heterocycles. The molecule has 37 heavy (non-hydrogen) atoms. The summed E-state index contributed by atoms with van der Waals surface area (Å²) in [6, 6.07) is 18.3. The number of benzene rings is 3. The van der Waals surface area contributed by atoms with E-state index in [0.717, 1.165) is 0 Å². The first-order valence-corrected chi connectivity index (χ1v) is 11.8. The summed E-state index contributed by atoms with van der Waals surface area (Å²) in [6.07, 6.45) is -1.24. The molecule has 3 atom stereocenters. The fourth-order valence-corrected chi connectivity index (χ4v) is 5.23. The van der Waals surface area contributed by atoms with Crippen LogP contribution in [0.1, 0.15) is 49.7 Å². The largest absolute Gasteiger partial charge is 0.481 e. The number of anilines is 1. The molecule has 3 unspecified atom stereocenters. The SMILES string of the molecule is CC(=O)c1ccc(NC(=O)C2C(c3ccc(Cl)cc3)OC3(C(=O)c4ccccc4C3=O)C2C(=O)O)cc1. The molecule has 1 heterocycles. The number of rotatable bonds is 5. The molecule has 3 aromatic carbocycles. The molecule has 186 valence electrons. The number of fused-ring (bicyclic) bond motifs is 1. The number of nitrogens with one attached hydrogen (secondary N) is 1. The van der Waals surface area contributed by atoms with Gasteiger partial charge in [0.1, 0.15) is 5.92 Å². The van der Waals surface area contributed by atoms with Crippen LogP contribution in [0.15, 0.2) is 72.8 Å². The highest BCUT2D eigenvalue weighted by molar-refractivity contribution is 6.34. The Balaban J connectivity index is 1.61. The minimum absolute atomic E-state index is 0.0504. The molecule has 1 saturated heterocycles. The van der Waals surface area contributed by atoms with Gasteiger partial charge in [0.15, 0.2) is 5.78 Å². The molecule has 1 spiro atoms. The lowest BCUT2D eigenvalue weighted by Crippen LogP contribution is -2.52. The second-order valence-corrected chi connectivity index (χ2v) is 9.43. The van der Waals surface area contributed by atoms with Gasteiger partial charge in [-0.1, -0.05) is 48.0 Å². The molecule has 2 N–H and O–H groups in total. The van der Waals surface area contributed by atoms with Crippen LogP contribution in [0.4, 0.5) is 5.69 Å². The van der Waals surface area contributed by atoms with Gasteiger partial charge in [-0.25, -0.2) is 0 Å². The number of carboxylic acid groups (broad SMARTS) is 1. The predicted octanol–water partition coefficient (Wildman–Crippen LogP) is 4.39. The van der Waals surface area contributed by atoms with Crippen LogP contribution in [-0.4, -0.2) is 39.9 Å². The normalized spacial score (nSPS) is 21.6. The Morgan fingerprint density at radius 3 is 1.97 bits per heavy atom. The number of carbonyl (C=O) groups excluding carboxylic acids is 4. The number of amides is 1. The lowest BCUT2D eigenvalue weighted by atomic mass is 9.75. The molecular weight excluding hydrogens is 498 g/mol. The van der Waals surface area contributed by atoms with Gasteiger partial charge in [-0.2, -0.15) is 0 Å². The first-order valence-electron chi connectivity index (χ1n) is 11.4. The highest BCUT2D eigenvalue weighted by atomic mass is 35.5. The van der Waals surface area contributed by atoms with Crippen molar-refractivity contribution in [2.75, 3.05) is 5.32 Å². The Morgan fingerprint density at radius 2 is 1.46 bits per heavy atom. The first-order chi connectivity index (χ1) is 17.6. The van der Waals surface area contributed by atoms with Gasteiger partial charge in [-0.3, -0.25) is 24.0 Å². The number of hydrogen-bond donors (Lipinski definition) is 2. The molecule has 2 aliphatic rings. The third-order valence-electron chi connectivity index (χ3n) is 6.85. The van der Waals surface area contributed by atoms with E-state index in [1.807, 2.05) is 0 Å². The summed E-state index contributed by atoms with van der Waals surface area (Å²) in [5.41, 5.74) is -1.17. The van der Waals surface area contributed by atoms with Gasteiger partial charge < -0.3 is 15.2 Å². The van der Waals surface area contributed by atoms with Gasteiger partial charge in [0.25, 0.3) is 0 Å². The Kier molecular flexibility index (Phi) is 6.01. The molecule has 0 saturated carbocycles. The average molecular weight is 518 g/mol. The van der Waals surface area contributed by atoms with Crippen molar-refractivity contribution >= 4 is 46.5 Å². The molecule has 9 heteroatoms. The summed E-state index contributed by atoms with van der Waals surface area (Å²) in [7, 11) is 0. The van der Waals surface area contributed by atoms with E-state index in [2.05, 4.69) is 5.32 Å². The van der Waals surface area contributed by atoms with Gasteiger partial charge in [-0.05, 0) is 48.9 Å². The summed E-state index contributed by atoms with van der Waals surface area (Å²) < 4.78 is 6.11. The van der Waals surface area contributed by atoms with E-state index in [1.54, 1.807) is 36.4 Å². The third-order valence-corrected chi connectivity index (χ3v) is 7.11. The monoisotopic (exact) mass is 517 g/mol. The maximum Gasteiger partial charge on any atom is 0.311 e. The summed E-state index contributed by atoms with van der Waals surface area (Å²) >= 11 is 6.02. The number of carbonyl (C=O) groups is 5. The molecule has 0 bridgehead atoms. The van der Waals surface area contributed by atoms with Crippen LogP contribution in [0.3, 0.4) is 0 Å². The number of hydrogen-bond acceptors (Lipinski definition) is 6. The molecule has 0 radical (unpaired) electrons. The minimum atomic E-state index is -2.40. The Morgan fingerprint density at radius 1 is 0.892 bits per heavy atom. The van der Waals surface area contributed by atoms with Crippen LogP contribution in [0, 0.1) is 11.8 Å². The van der Waals surface area contributed by atoms with Crippen molar-refractivity contribution < 1.29 is 33.8 Å². The smallest absolute Gasteiger partial charge is 0.311 e. The molecule has 5 rings (SSSR count). The van der Waals surface area contributed by atoms with Crippen molar-refractivity contribution in [3.8, 4) is 0 Å². The van der Waals surface area contributed by atoms with Crippen molar-refractivity contribution in [1.29, 1.82) is 0 Å².